The first-order chi connectivity index (χ1) is 11.3. The van der Waals surface area contributed by atoms with Gasteiger partial charge in [0.1, 0.15) is 28.3 Å². The Labute approximate surface area is 144 Å². The monoisotopic (exact) mass is 344 g/mol. The van der Waals surface area contributed by atoms with Crippen molar-refractivity contribution >= 4 is 23.4 Å². The minimum atomic E-state index is -0.504. The fourth-order valence-corrected chi connectivity index (χ4v) is 3.03. The van der Waals surface area contributed by atoms with E-state index in [9.17, 15) is 14.4 Å². The first-order valence-corrected chi connectivity index (χ1v) is 8.18. The van der Waals surface area contributed by atoms with E-state index in [0.29, 0.717) is 33.4 Å². The van der Waals surface area contributed by atoms with Crippen molar-refractivity contribution in [1.29, 1.82) is 5.26 Å². The van der Waals surface area contributed by atoms with Gasteiger partial charge in [0, 0.05) is 5.69 Å². The quantitative estimate of drug-likeness (QED) is 0.678. The Morgan fingerprint density at radius 3 is 2.67 bits per heavy atom. The highest BCUT2D eigenvalue weighted by molar-refractivity contribution is 8.00. The maximum Gasteiger partial charge on any atom is 0.237 e. The van der Waals surface area contributed by atoms with Crippen LogP contribution in [0.25, 0.3) is 0 Å². The van der Waals surface area contributed by atoms with Gasteiger partial charge < -0.3 is 5.32 Å². The number of benzene rings is 1. The molecule has 1 unspecified atom stereocenters. The van der Waals surface area contributed by atoms with Crippen LogP contribution in [0, 0.1) is 37.9 Å². The smallest absolute Gasteiger partial charge is 0.237 e. The first-order valence-electron chi connectivity index (χ1n) is 7.31. The lowest BCUT2D eigenvalue weighted by Gasteiger charge is -2.13. The second kappa shape index (κ2) is 7.41. The van der Waals surface area contributed by atoms with Crippen LogP contribution in [-0.2, 0) is 4.79 Å². The van der Waals surface area contributed by atoms with Crippen LogP contribution >= 0.6 is 11.8 Å². The molecular weight excluding hydrogens is 327 g/mol. The lowest BCUT2D eigenvalue weighted by atomic mass is 10.2. The van der Waals surface area contributed by atoms with Crippen LogP contribution in [0.2, 0.25) is 0 Å². The molecule has 0 aliphatic heterocycles. The summed E-state index contributed by atoms with van der Waals surface area (Å²) in [5.41, 5.74) is 1.86. The number of hydrogen-bond acceptors (Lipinski definition) is 5. The van der Waals surface area contributed by atoms with Crippen molar-refractivity contribution in [3.05, 3.63) is 46.7 Å². The lowest BCUT2D eigenvalue weighted by molar-refractivity contribution is -0.115. The van der Waals surface area contributed by atoms with Crippen molar-refractivity contribution in [3.63, 3.8) is 0 Å². The van der Waals surface area contributed by atoms with Crippen LogP contribution in [-0.4, -0.2) is 21.1 Å². The van der Waals surface area contributed by atoms with Gasteiger partial charge in [0.25, 0.3) is 0 Å². The number of aromatic nitrogens is 2. The van der Waals surface area contributed by atoms with Crippen LogP contribution in [0.4, 0.5) is 10.1 Å². The third-order valence-corrected chi connectivity index (χ3v) is 4.46. The second-order valence-electron chi connectivity index (χ2n) is 5.36. The number of nitriles is 1. The summed E-state index contributed by atoms with van der Waals surface area (Å²) in [7, 11) is 0. The molecule has 7 heteroatoms. The molecule has 5 nitrogen and oxygen atoms in total. The molecule has 1 N–H and O–H groups in total. The lowest BCUT2D eigenvalue weighted by Crippen LogP contribution is -2.23. The minimum absolute atomic E-state index is 0.291. The molecule has 0 saturated carbocycles. The summed E-state index contributed by atoms with van der Waals surface area (Å²) in [6.07, 6.45) is 0. The highest BCUT2D eigenvalue weighted by atomic mass is 32.2. The van der Waals surface area contributed by atoms with E-state index in [1.807, 2.05) is 0 Å². The zero-order valence-corrected chi connectivity index (χ0v) is 14.7. The molecule has 124 valence electrons. The topological polar surface area (TPSA) is 78.7 Å². The normalized spacial score (nSPS) is 11.7. The number of nitrogens with one attached hydrogen (secondary N) is 1. The molecular formula is C17H17FN4OS. The molecule has 0 fully saturated rings. The van der Waals surface area contributed by atoms with Crippen molar-refractivity contribution < 1.29 is 9.18 Å². The molecule has 0 aliphatic carbocycles. The standard InChI is InChI=1S/C17H17FN4OS/c1-9-5-6-13(7-15(9)18)22-16(23)11(3)24-17-14(8-19)10(2)20-12(4)21-17/h5-7,11H,1-4H3,(H,22,23). The van der Waals surface area contributed by atoms with E-state index in [1.165, 1.54) is 17.8 Å². The van der Waals surface area contributed by atoms with Crippen LogP contribution in [0.5, 0.6) is 0 Å². The molecule has 2 rings (SSSR count). The number of thioether (sulfide) groups is 1. The van der Waals surface area contributed by atoms with Gasteiger partial charge in [-0.05, 0) is 45.4 Å². The Hall–Kier alpha value is -2.46. The molecule has 0 bridgehead atoms. The summed E-state index contributed by atoms with van der Waals surface area (Å²) < 4.78 is 13.6. The molecule has 1 amide bonds. The molecule has 2 aromatic rings. The predicted molar refractivity (Wildman–Crippen MR) is 91.3 cm³/mol. The zero-order valence-electron chi connectivity index (χ0n) is 13.8. The third-order valence-electron chi connectivity index (χ3n) is 3.38. The SMILES string of the molecule is Cc1nc(C)c(C#N)c(SC(C)C(=O)Nc2ccc(C)c(F)c2)n1. The van der Waals surface area contributed by atoms with Gasteiger partial charge in [-0.1, -0.05) is 17.8 Å². The predicted octanol–water partition coefficient (Wildman–Crippen LogP) is 3.53. The minimum Gasteiger partial charge on any atom is -0.325 e. The van der Waals surface area contributed by atoms with Gasteiger partial charge in [-0.25, -0.2) is 14.4 Å². The average Bonchev–Trinajstić information content (AvgIpc) is 2.50. The third kappa shape index (κ3) is 4.09. The van der Waals surface area contributed by atoms with Crippen LogP contribution in [0.15, 0.2) is 23.2 Å². The molecule has 0 spiro atoms. The van der Waals surface area contributed by atoms with Crippen molar-refractivity contribution in [1.82, 2.24) is 9.97 Å². The Morgan fingerprint density at radius 2 is 2.04 bits per heavy atom. The average molecular weight is 344 g/mol. The molecule has 1 aromatic carbocycles. The largest absolute Gasteiger partial charge is 0.325 e. The number of rotatable bonds is 4. The maximum atomic E-state index is 13.6. The summed E-state index contributed by atoms with van der Waals surface area (Å²) in [4.78, 5) is 20.7. The van der Waals surface area contributed by atoms with E-state index < -0.39 is 5.25 Å². The first kappa shape index (κ1) is 17.9. The van der Waals surface area contributed by atoms with Crippen LogP contribution in [0.3, 0.4) is 0 Å². The van der Waals surface area contributed by atoms with Crippen LogP contribution < -0.4 is 5.32 Å². The summed E-state index contributed by atoms with van der Waals surface area (Å²) in [6, 6.07) is 6.60. The Morgan fingerprint density at radius 1 is 1.33 bits per heavy atom. The molecule has 1 heterocycles. The van der Waals surface area contributed by atoms with E-state index >= 15 is 0 Å². The summed E-state index contributed by atoms with van der Waals surface area (Å²) >= 11 is 1.18. The summed E-state index contributed by atoms with van der Waals surface area (Å²) in [5.74, 6) is -0.120. The maximum absolute atomic E-state index is 13.6. The second-order valence-corrected chi connectivity index (χ2v) is 6.69. The molecule has 0 saturated heterocycles. The molecule has 24 heavy (non-hydrogen) atoms. The van der Waals surface area contributed by atoms with Crippen molar-refractivity contribution in [2.24, 2.45) is 0 Å². The number of carbonyl (C=O) groups excluding carboxylic acids is 1. The Balaban J connectivity index is 2.15. The number of amides is 1. The van der Waals surface area contributed by atoms with Crippen LogP contribution in [0.1, 0.15) is 29.6 Å². The molecule has 0 radical (unpaired) electrons. The number of anilines is 1. The number of hydrogen-bond donors (Lipinski definition) is 1. The molecule has 0 aliphatic rings. The summed E-state index contributed by atoms with van der Waals surface area (Å²) in [6.45, 7) is 6.83. The van der Waals surface area contributed by atoms with E-state index in [1.54, 1.807) is 39.8 Å². The summed E-state index contributed by atoms with van der Waals surface area (Å²) in [5, 5.41) is 11.9. The highest BCUT2D eigenvalue weighted by Crippen LogP contribution is 2.27. The fourth-order valence-electron chi connectivity index (χ4n) is 2.03. The number of aryl methyl sites for hydroxylation is 3. The van der Waals surface area contributed by atoms with Crippen molar-refractivity contribution in [3.8, 4) is 6.07 Å². The van der Waals surface area contributed by atoms with Crippen molar-refractivity contribution in [2.45, 2.75) is 38.0 Å². The van der Waals surface area contributed by atoms with E-state index in [-0.39, 0.29) is 11.7 Å². The Kier molecular flexibility index (Phi) is 5.52. The van der Waals surface area contributed by atoms with Gasteiger partial charge in [-0.3, -0.25) is 4.79 Å². The number of nitrogens with zero attached hydrogens (tertiary/aromatic N) is 3. The highest BCUT2D eigenvalue weighted by Gasteiger charge is 2.19. The van der Waals surface area contributed by atoms with E-state index in [0.717, 1.165) is 0 Å². The Bertz CT molecular complexity index is 832. The molecule has 1 atom stereocenters. The number of carbonyl (C=O) groups is 1. The van der Waals surface area contributed by atoms with E-state index in [4.69, 9.17) is 0 Å². The fraction of sp³-hybridized carbons (Fsp3) is 0.294. The van der Waals surface area contributed by atoms with E-state index in [2.05, 4.69) is 21.4 Å². The zero-order chi connectivity index (χ0) is 17.9. The van der Waals surface area contributed by atoms with Gasteiger partial charge >= 0.3 is 0 Å². The van der Waals surface area contributed by atoms with Gasteiger partial charge in [-0.15, -0.1) is 0 Å². The van der Waals surface area contributed by atoms with Gasteiger partial charge in [0.2, 0.25) is 5.91 Å². The van der Waals surface area contributed by atoms with Gasteiger partial charge in [0.05, 0.1) is 10.9 Å². The van der Waals surface area contributed by atoms with Gasteiger partial charge in [0.15, 0.2) is 0 Å². The van der Waals surface area contributed by atoms with Crippen molar-refractivity contribution in [2.75, 3.05) is 5.32 Å². The van der Waals surface area contributed by atoms with Gasteiger partial charge in [-0.2, -0.15) is 5.26 Å². The number of halogens is 1. The molecule has 1 aromatic heterocycles.